The highest BCUT2D eigenvalue weighted by molar-refractivity contribution is 8.13. The quantitative estimate of drug-likeness (QED) is 0.757. The molecule has 114 valence electrons. The van der Waals surface area contributed by atoms with Crippen LogP contribution in [0.1, 0.15) is 26.2 Å². The Morgan fingerprint density at radius 2 is 2.10 bits per heavy atom. The number of nitrogens with zero attached hydrogens (tertiary/aromatic N) is 2. The van der Waals surface area contributed by atoms with Gasteiger partial charge in [0.05, 0.1) is 17.1 Å². The van der Waals surface area contributed by atoms with Gasteiger partial charge in [-0.2, -0.15) is 4.98 Å². The summed E-state index contributed by atoms with van der Waals surface area (Å²) in [6, 6.07) is 4.29. The van der Waals surface area contributed by atoms with Gasteiger partial charge < -0.3 is 9.26 Å². The van der Waals surface area contributed by atoms with Gasteiger partial charge in [-0.3, -0.25) is 0 Å². The molecular formula is C13H15ClN2O4S. The molecule has 0 aliphatic rings. The standard InChI is InChI=1S/C13H15ClN2O4S/c1-3-5-12-15-13(16-20-12)10-8-9(21(14,17)18)6-7-11(10)19-4-2/h6-8H,3-5H2,1-2H3. The van der Waals surface area contributed by atoms with E-state index >= 15 is 0 Å². The summed E-state index contributed by atoms with van der Waals surface area (Å²) in [5, 5.41) is 3.87. The zero-order valence-electron chi connectivity index (χ0n) is 11.7. The van der Waals surface area contributed by atoms with Crippen LogP contribution in [-0.2, 0) is 15.5 Å². The lowest BCUT2D eigenvalue weighted by Gasteiger charge is -2.08. The van der Waals surface area contributed by atoms with E-state index in [1.807, 2.05) is 13.8 Å². The van der Waals surface area contributed by atoms with Crippen molar-refractivity contribution in [2.45, 2.75) is 31.6 Å². The lowest BCUT2D eigenvalue weighted by molar-refractivity contribution is 0.340. The molecule has 21 heavy (non-hydrogen) atoms. The molecule has 0 unspecified atom stereocenters. The minimum Gasteiger partial charge on any atom is -0.493 e. The van der Waals surface area contributed by atoms with Gasteiger partial charge in [0.25, 0.3) is 9.05 Å². The normalized spacial score (nSPS) is 11.6. The van der Waals surface area contributed by atoms with Gasteiger partial charge in [-0.05, 0) is 31.5 Å². The molecule has 1 aromatic carbocycles. The van der Waals surface area contributed by atoms with Gasteiger partial charge in [-0.25, -0.2) is 8.42 Å². The van der Waals surface area contributed by atoms with E-state index in [9.17, 15) is 8.42 Å². The first-order chi connectivity index (χ1) is 9.95. The Morgan fingerprint density at radius 1 is 1.33 bits per heavy atom. The van der Waals surface area contributed by atoms with Crippen molar-refractivity contribution in [2.75, 3.05) is 6.61 Å². The summed E-state index contributed by atoms with van der Waals surface area (Å²) in [5.41, 5.74) is 0.435. The average Bonchev–Trinajstić information content (AvgIpc) is 2.87. The zero-order chi connectivity index (χ0) is 15.5. The van der Waals surface area contributed by atoms with Crippen molar-refractivity contribution < 1.29 is 17.7 Å². The van der Waals surface area contributed by atoms with Crippen molar-refractivity contribution in [3.8, 4) is 17.1 Å². The van der Waals surface area contributed by atoms with Gasteiger partial charge in [0.2, 0.25) is 11.7 Å². The summed E-state index contributed by atoms with van der Waals surface area (Å²) in [5.74, 6) is 1.25. The molecule has 2 aromatic rings. The van der Waals surface area contributed by atoms with Crippen LogP contribution in [-0.4, -0.2) is 25.2 Å². The summed E-state index contributed by atoms with van der Waals surface area (Å²) in [7, 11) is 1.53. The Kier molecular flexibility index (Phi) is 4.84. The van der Waals surface area contributed by atoms with Crippen molar-refractivity contribution in [3.05, 3.63) is 24.1 Å². The molecule has 1 heterocycles. The maximum atomic E-state index is 11.5. The molecule has 0 fully saturated rings. The van der Waals surface area contributed by atoms with Crippen LogP contribution in [0.15, 0.2) is 27.6 Å². The molecule has 2 rings (SSSR count). The molecule has 0 atom stereocenters. The highest BCUT2D eigenvalue weighted by Gasteiger charge is 2.18. The van der Waals surface area contributed by atoms with Crippen LogP contribution in [0.2, 0.25) is 0 Å². The van der Waals surface area contributed by atoms with Crippen molar-refractivity contribution >= 4 is 19.7 Å². The van der Waals surface area contributed by atoms with E-state index in [-0.39, 0.29) is 10.7 Å². The van der Waals surface area contributed by atoms with Crippen LogP contribution >= 0.6 is 10.7 Å². The first-order valence-corrected chi connectivity index (χ1v) is 8.81. The second-order valence-electron chi connectivity index (χ2n) is 4.29. The Morgan fingerprint density at radius 3 is 2.71 bits per heavy atom. The van der Waals surface area contributed by atoms with E-state index in [1.165, 1.54) is 18.2 Å². The number of benzene rings is 1. The van der Waals surface area contributed by atoms with Crippen LogP contribution in [0.3, 0.4) is 0 Å². The number of ether oxygens (including phenoxy) is 1. The van der Waals surface area contributed by atoms with E-state index in [1.54, 1.807) is 0 Å². The Balaban J connectivity index is 2.51. The van der Waals surface area contributed by atoms with Gasteiger partial charge in [0.1, 0.15) is 5.75 Å². The number of rotatable bonds is 6. The lowest BCUT2D eigenvalue weighted by Crippen LogP contribution is -1.98. The zero-order valence-corrected chi connectivity index (χ0v) is 13.2. The van der Waals surface area contributed by atoms with Gasteiger partial charge in [0.15, 0.2) is 0 Å². The third-order valence-corrected chi connectivity index (χ3v) is 4.06. The monoisotopic (exact) mass is 330 g/mol. The number of hydrogen-bond acceptors (Lipinski definition) is 6. The fraction of sp³-hybridized carbons (Fsp3) is 0.385. The van der Waals surface area contributed by atoms with E-state index < -0.39 is 9.05 Å². The number of aryl methyl sites for hydroxylation is 1. The van der Waals surface area contributed by atoms with Gasteiger partial charge in [-0.1, -0.05) is 12.1 Å². The first kappa shape index (κ1) is 15.8. The minimum absolute atomic E-state index is 0.0375. The fourth-order valence-corrected chi connectivity index (χ4v) is 2.57. The van der Waals surface area contributed by atoms with Crippen molar-refractivity contribution in [2.24, 2.45) is 0 Å². The third-order valence-electron chi connectivity index (χ3n) is 2.71. The molecule has 0 saturated carbocycles. The molecule has 0 aliphatic carbocycles. The Labute approximate surface area is 127 Å². The summed E-state index contributed by atoms with van der Waals surface area (Å²) in [4.78, 5) is 4.20. The molecular weight excluding hydrogens is 316 g/mol. The molecule has 0 radical (unpaired) electrons. The maximum Gasteiger partial charge on any atom is 0.261 e. The van der Waals surface area contributed by atoms with Crippen molar-refractivity contribution in [1.82, 2.24) is 10.1 Å². The maximum absolute atomic E-state index is 11.5. The van der Waals surface area contributed by atoms with Gasteiger partial charge >= 0.3 is 0 Å². The highest BCUT2D eigenvalue weighted by atomic mass is 35.7. The summed E-state index contributed by atoms with van der Waals surface area (Å²) in [6.07, 6.45) is 1.53. The third kappa shape index (κ3) is 3.74. The highest BCUT2D eigenvalue weighted by Crippen LogP contribution is 2.31. The largest absolute Gasteiger partial charge is 0.493 e. The van der Waals surface area contributed by atoms with E-state index in [2.05, 4.69) is 10.1 Å². The van der Waals surface area contributed by atoms with Crippen LogP contribution in [0, 0.1) is 0 Å². The average molecular weight is 331 g/mol. The second-order valence-corrected chi connectivity index (χ2v) is 6.86. The van der Waals surface area contributed by atoms with Crippen LogP contribution in [0.5, 0.6) is 5.75 Å². The van der Waals surface area contributed by atoms with Crippen LogP contribution in [0.25, 0.3) is 11.4 Å². The molecule has 0 spiro atoms. The summed E-state index contributed by atoms with van der Waals surface area (Å²) in [6.45, 7) is 4.25. The number of hydrogen-bond donors (Lipinski definition) is 0. The molecule has 8 heteroatoms. The SMILES string of the molecule is CCCc1nc(-c2cc(S(=O)(=O)Cl)ccc2OCC)no1. The molecule has 1 aromatic heterocycles. The second kappa shape index (κ2) is 6.44. The topological polar surface area (TPSA) is 82.3 Å². The number of halogens is 1. The summed E-state index contributed by atoms with van der Waals surface area (Å²) < 4.78 is 33.5. The smallest absolute Gasteiger partial charge is 0.261 e. The van der Waals surface area contributed by atoms with Crippen molar-refractivity contribution in [3.63, 3.8) is 0 Å². The van der Waals surface area contributed by atoms with Crippen LogP contribution < -0.4 is 4.74 Å². The van der Waals surface area contributed by atoms with Gasteiger partial charge in [0, 0.05) is 17.1 Å². The molecule has 0 amide bonds. The lowest BCUT2D eigenvalue weighted by atomic mass is 10.2. The van der Waals surface area contributed by atoms with E-state index in [0.717, 1.165) is 6.42 Å². The molecule has 0 bridgehead atoms. The van der Waals surface area contributed by atoms with E-state index in [0.29, 0.717) is 30.2 Å². The predicted octanol–water partition coefficient (Wildman–Crippen LogP) is 3.02. The van der Waals surface area contributed by atoms with Crippen LogP contribution in [0.4, 0.5) is 0 Å². The molecule has 0 saturated heterocycles. The summed E-state index contributed by atoms with van der Waals surface area (Å²) >= 11 is 0. The minimum atomic E-state index is -3.84. The molecule has 0 aliphatic heterocycles. The van der Waals surface area contributed by atoms with Gasteiger partial charge in [-0.15, -0.1) is 0 Å². The molecule has 0 N–H and O–H groups in total. The fourth-order valence-electron chi connectivity index (χ4n) is 1.80. The first-order valence-electron chi connectivity index (χ1n) is 6.50. The number of aromatic nitrogens is 2. The molecule has 6 nitrogen and oxygen atoms in total. The van der Waals surface area contributed by atoms with Crippen molar-refractivity contribution in [1.29, 1.82) is 0 Å². The Bertz CT molecular complexity index is 728. The predicted molar refractivity (Wildman–Crippen MR) is 77.9 cm³/mol. The Hall–Kier alpha value is -1.60. The van der Waals surface area contributed by atoms with E-state index in [4.69, 9.17) is 19.9 Å².